The van der Waals surface area contributed by atoms with Gasteiger partial charge in [0, 0.05) is 21.7 Å². The predicted octanol–water partition coefficient (Wildman–Crippen LogP) is 4.24. The monoisotopic (exact) mass is 311 g/mol. The summed E-state index contributed by atoms with van der Waals surface area (Å²) in [6, 6.07) is 9.45. The molecule has 0 amide bonds. The highest BCUT2D eigenvalue weighted by Gasteiger charge is 2.35. The number of ketones is 1. The molecule has 0 saturated carbocycles. The van der Waals surface area contributed by atoms with Crippen molar-refractivity contribution in [1.82, 2.24) is 0 Å². The molecule has 2 nitrogen and oxygen atoms in total. The van der Waals surface area contributed by atoms with Crippen LogP contribution in [0.25, 0.3) is 0 Å². The number of hydrogen-bond donors (Lipinski definition) is 1. The van der Waals surface area contributed by atoms with Gasteiger partial charge >= 0.3 is 6.18 Å². The van der Waals surface area contributed by atoms with Crippen LogP contribution < -0.4 is 5.73 Å². The van der Waals surface area contributed by atoms with Gasteiger partial charge in [-0.05, 0) is 30.5 Å². The number of nitrogen functional groups attached to an aromatic ring is 1. The minimum Gasteiger partial charge on any atom is -0.398 e. The van der Waals surface area contributed by atoms with Gasteiger partial charge < -0.3 is 5.73 Å². The van der Waals surface area contributed by atoms with E-state index in [2.05, 4.69) is 0 Å². The summed E-state index contributed by atoms with van der Waals surface area (Å²) in [6.45, 7) is 0. The number of thioether (sulfide) groups is 1. The van der Waals surface area contributed by atoms with Crippen molar-refractivity contribution in [3.63, 3.8) is 0 Å². The van der Waals surface area contributed by atoms with Gasteiger partial charge in [0.05, 0.1) is 5.56 Å². The van der Waals surface area contributed by atoms with E-state index < -0.39 is 23.1 Å². The Morgan fingerprint density at radius 2 is 1.76 bits per heavy atom. The molecule has 0 heterocycles. The largest absolute Gasteiger partial charge is 0.417 e. The van der Waals surface area contributed by atoms with E-state index in [9.17, 15) is 18.0 Å². The molecule has 0 aromatic heterocycles. The normalized spacial score (nSPS) is 11.4. The number of carbonyl (C=O) groups is 1. The summed E-state index contributed by atoms with van der Waals surface area (Å²) >= 11 is 1.38. The van der Waals surface area contributed by atoms with E-state index >= 15 is 0 Å². The summed E-state index contributed by atoms with van der Waals surface area (Å²) in [5.41, 5.74) is 4.63. The van der Waals surface area contributed by atoms with Crippen LogP contribution in [0.4, 0.5) is 18.9 Å². The van der Waals surface area contributed by atoms with Crippen molar-refractivity contribution in [2.45, 2.75) is 11.1 Å². The fourth-order valence-electron chi connectivity index (χ4n) is 1.93. The molecule has 0 bridgehead atoms. The zero-order valence-corrected chi connectivity index (χ0v) is 11.9. The minimum absolute atomic E-state index is 0.0820. The Morgan fingerprint density at radius 1 is 1.10 bits per heavy atom. The maximum absolute atomic E-state index is 13.0. The maximum Gasteiger partial charge on any atom is 0.417 e. The topological polar surface area (TPSA) is 43.1 Å². The number of carbonyl (C=O) groups excluding carboxylic acids is 1. The number of hydrogen-bond acceptors (Lipinski definition) is 3. The number of alkyl halides is 3. The molecule has 0 spiro atoms. The molecule has 2 N–H and O–H groups in total. The SMILES string of the molecule is CSc1ccc(N)c(C(=O)c2ccccc2C(F)(F)F)c1. The van der Waals surface area contributed by atoms with Gasteiger partial charge in [0.15, 0.2) is 5.78 Å². The minimum atomic E-state index is -4.59. The summed E-state index contributed by atoms with van der Waals surface area (Å²) in [5.74, 6) is -0.726. The van der Waals surface area contributed by atoms with Crippen molar-refractivity contribution in [3.05, 3.63) is 59.2 Å². The van der Waals surface area contributed by atoms with E-state index in [4.69, 9.17) is 5.73 Å². The zero-order valence-electron chi connectivity index (χ0n) is 11.1. The van der Waals surface area contributed by atoms with E-state index in [0.717, 1.165) is 17.0 Å². The quantitative estimate of drug-likeness (QED) is 0.524. The fourth-order valence-corrected chi connectivity index (χ4v) is 2.37. The number of benzene rings is 2. The van der Waals surface area contributed by atoms with Gasteiger partial charge in [0.1, 0.15) is 0 Å². The average Bonchev–Trinajstić information content (AvgIpc) is 2.46. The first kappa shape index (κ1) is 15.4. The molecule has 21 heavy (non-hydrogen) atoms. The Hall–Kier alpha value is -1.95. The molecule has 0 aliphatic rings. The van der Waals surface area contributed by atoms with Crippen LogP contribution in [0.2, 0.25) is 0 Å². The van der Waals surface area contributed by atoms with Gasteiger partial charge in [-0.1, -0.05) is 18.2 Å². The van der Waals surface area contributed by atoms with Gasteiger partial charge in [-0.15, -0.1) is 11.8 Å². The highest BCUT2D eigenvalue weighted by atomic mass is 32.2. The Morgan fingerprint density at radius 3 is 2.38 bits per heavy atom. The van der Waals surface area contributed by atoms with Gasteiger partial charge in [-0.3, -0.25) is 4.79 Å². The third-order valence-corrected chi connectivity index (χ3v) is 3.71. The van der Waals surface area contributed by atoms with Crippen molar-refractivity contribution in [3.8, 4) is 0 Å². The van der Waals surface area contributed by atoms with Gasteiger partial charge in [-0.2, -0.15) is 13.2 Å². The van der Waals surface area contributed by atoms with E-state index in [1.54, 1.807) is 6.07 Å². The van der Waals surface area contributed by atoms with Crippen LogP contribution in [0.3, 0.4) is 0 Å². The molecule has 0 aliphatic heterocycles. The van der Waals surface area contributed by atoms with Gasteiger partial charge in [0.25, 0.3) is 0 Å². The van der Waals surface area contributed by atoms with E-state index in [0.29, 0.717) is 0 Å². The number of nitrogens with two attached hydrogens (primary N) is 1. The summed E-state index contributed by atoms with van der Waals surface area (Å²) < 4.78 is 38.9. The lowest BCUT2D eigenvalue weighted by molar-refractivity contribution is -0.137. The molecule has 110 valence electrons. The fraction of sp³-hybridized carbons (Fsp3) is 0.133. The van der Waals surface area contributed by atoms with Crippen molar-refractivity contribution in [2.24, 2.45) is 0 Å². The highest BCUT2D eigenvalue weighted by Crippen LogP contribution is 2.34. The zero-order chi connectivity index (χ0) is 15.6. The molecule has 2 aromatic rings. The second kappa shape index (κ2) is 5.81. The molecule has 2 aromatic carbocycles. The molecule has 0 fully saturated rings. The molecule has 0 atom stereocenters. The number of rotatable bonds is 3. The number of anilines is 1. The third-order valence-electron chi connectivity index (χ3n) is 2.98. The van der Waals surface area contributed by atoms with Crippen LogP contribution in [0.5, 0.6) is 0 Å². The summed E-state index contributed by atoms with van der Waals surface area (Å²) in [5, 5.41) is 0. The Bertz CT molecular complexity index is 683. The second-order valence-electron chi connectivity index (χ2n) is 4.33. The Kier molecular flexibility index (Phi) is 4.27. The molecule has 0 unspecified atom stereocenters. The van der Waals surface area contributed by atoms with Crippen LogP contribution in [-0.4, -0.2) is 12.0 Å². The van der Waals surface area contributed by atoms with E-state index in [1.807, 2.05) is 6.26 Å². The Labute approximate surface area is 124 Å². The first-order valence-electron chi connectivity index (χ1n) is 5.99. The predicted molar refractivity (Wildman–Crippen MR) is 77.5 cm³/mol. The van der Waals surface area contributed by atoms with Crippen LogP contribution in [0.1, 0.15) is 21.5 Å². The van der Waals surface area contributed by atoms with Crippen LogP contribution in [0.15, 0.2) is 47.4 Å². The molecule has 0 aliphatic carbocycles. The standard InChI is InChI=1S/C15H12F3NOS/c1-21-9-6-7-13(19)11(8-9)14(20)10-4-2-3-5-12(10)15(16,17)18/h2-8H,19H2,1H3. The van der Waals surface area contributed by atoms with Gasteiger partial charge in [-0.25, -0.2) is 0 Å². The first-order chi connectivity index (χ1) is 9.84. The summed E-state index contributed by atoms with van der Waals surface area (Å²) in [4.78, 5) is 13.2. The average molecular weight is 311 g/mol. The molecule has 2 rings (SSSR count). The van der Waals surface area contributed by atoms with Crippen molar-refractivity contribution < 1.29 is 18.0 Å². The van der Waals surface area contributed by atoms with Crippen LogP contribution >= 0.6 is 11.8 Å². The van der Waals surface area contributed by atoms with E-state index in [1.165, 1.54) is 36.0 Å². The van der Waals surface area contributed by atoms with Crippen LogP contribution in [0, 0.1) is 0 Å². The van der Waals surface area contributed by atoms with Gasteiger partial charge in [0.2, 0.25) is 0 Å². The van der Waals surface area contributed by atoms with Crippen molar-refractivity contribution >= 4 is 23.2 Å². The summed E-state index contributed by atoms with van der Waals surface area (Å²) in [7, 11) is 0. The smallest absolute Gasteiger partial charge is 0.398 e. The lowest BCUT2D eigenvalue weighted by atomic mass is 9.97. The van der Waals surface area contributed by atoms with Crippen molar-refractivity contribution in [1.29, 1.82) is 0 Å². The van der Waals surface area contributed by atoms with Crippen molar-refractivity contribution in [2.75, 3.05) is 12.0 Å². The summed E-state index contributed by atoms with van der Waals surface area (Å²) in [6.07, 6.45) is -2.78. The molecular weight excluding hydrogens is 299 g/mol. The lowest BCUT2D eigenvalue weighted by Crippen LogP contribution is -2.14. The van der Waals surface area contributed by atoms with E-state index in [-0.39, 0.29) is 11.3 Å². The molecule has 0 saturated heterocycles. The molecule has 6 heteroatoms. The maximum atomic E-state index is 13.0. The first-order valence-corrected chi connectivity index (χ1v) is 7.21. The molecular formula is C15H12F3NOS. The highest BCUT2D eigenvalue weighted by molar-refractivity contribution is 7.98. The second-order valence-corrected chi connectivity index (χ2v) is 5.21. The number of halogens is 3. The van der Waals surface area contributed by atoms with Crippen LogP contribution in [-0.2, 0) is 6.18 Å². The molecule has 0 radical (unpaired) electrons. The Balaban J connectivity index is 2.56. The lowest BCUT2D eigenvalue weighted by Gasteiger charge is -2.13. The third kappa shape index (κ3) is 3.21.